The van der Waals surface area contributed by atoms with Crippen LogP contribution < -0.4 is 5.73 Å². The molecule has 1 fully saturated rings. The van der Waals surface area contributed by atoms with Gasteiger partial charge in [0.1, 0.15) is 11.6 Å². The number of aromatic nitrogens is 2. The van der Waals surface area contributed by atoms with Gasteiger partial charge in [0.15, 0.2) is 0 Å². The lowest BCUT2D eigenvalue weighted by atomic mass is 9.86. The van der Waals surface area contributed by atoms with Gasteiger partial charge in [-0.25, -0.2) is 9.37 Å². The quantitative estimate of drug-likeness (QED) is 0.658. The Balaban J connectivity index is 0.000000880. The molecule has 2 aromatic carbocycles. The molecule has 1 saturated carbocycles. The fourth-order valence-electron chi connectivity index (χ4n) is 3.48. The zero-order chi connectivity index (χ0) is 17.8. The van der Waals surface area contributed by atoms with Crippen molar-refractivity contribution in [2.45, 2.75) is 51.5 Å². The molecule has 1 aliphatic carbocycles. The maximum Gasteiger partial charge on any atom is 0.131 e. The molecular weight excluding hydrogens is 313 g/mol. The lowest BCUT2D eigenvalue weighted by Crippen LogP contribution is -2.26. The summed E-state index contributed by atoms with van der Waals surface area (Å²) in [6.07, 6.45) is 4.28. The van der Waals surface area contributed by atoms with Crippen molar-refractivity contribution < 1.29 is 4.39 Å². The van der Waals surface area contributed by atoms with E-state index in [2.05, 4.69) is 4.98 Å². The first-order valence-electron chi connectivity index (χ1n) is 9.21. The lowest BCUT2D eigenvalue weighted by molar-refractivity contribution is 0.386. The first kappa shape index (κ1) is 17.6. The zero-order valence-corrected chi connectivity index (χ0v) is 14.9. The van der Waals surface area contributed by atoms with Gasteiger partial charge in [-0.3, -0.25) is 0 Å². The maximum atomic E-state index is 14.0. The second-order valence-electron chi connectivity index (χ2n) is 6.45. The van der Waals surface area contributed by atoms with E-state index in [9.17, 15) is 4.39 Å². The van der Waals surface area contributed by atoms with E-state index in [0.29, 0.717) is 17.5 Å². The number of benzene rings is 2. The van der Waals surface area contributed by atoms with Crippen LogP contribution in [0.4, 0.5) is 4.39 Å². The van der Waals surface area contributed by atoms with Gasteiger partial charge >= 0.3 is 0 Å². The molecule has 0 amide bonds. The molecule has 3 nitrogen and oxygen atoms in total. The van der Waals surface area contributed by atoms with E-state index in [0.717, 1.165) is 48.1 Å². The molecule has 0 atom stereocenters. The molecule has 0 unspecified atom stereocenters. The van der Waals surface area contributed by atoms with Crippen molar-refractivity contribution in [2.75, 3.05) is 0 Å². The van der Waals surface area contributed by atoms with E-state index in [1.54, 1.807) is 12.1 Å². The largest absolute Gasteiger partial charge is 0.342 e. The van der Waals surface area contributed by atoms with Crippen LogP contribution in [0.1, 0.15) is 51.3 Å². The first-order valence-corrected chi connectivity index (χ1v) is 9.21. The van der Waals surface area contributed by atoms with Gasteiger partial charge in [-0.2, -0.15) is 0 Å². The minimum atomic E-state index is -0.201. The molecule has 1 aliphatic rings. The third kappa shape index (κ3) is 3.74. The predicted octanol–water partition coefficient (Wildman–Crippen LogP) is 5.38. The number of aromatic amines is 1. The van der Waals surface area contributed by atoms with E-state index >= 15 is 0 Å². The van der Waals surface area contributed by atoms with Crippen molar-refractivity contribution in [3.8, 4) is 11.1 Å². The molecule has 4 rings (SSSR count). The Morgan fingerprint density at radius 3 is 2.48 bits per heavy atom. The molecule has 25 heavy (non-hydrogen) atoms. The number of nitrogens with two attached hydrogens (primary N) is 1. The van der Waals surface area contributed by atoms with Gasteiger partial charge in [0.05, 0.1) is 11.0 Å². The molecule has 3 aromatic rings. The van der Waals surface area contributed by atoms with E-state index < -0.39 is 0 Å². The van der Waals surface area contributed by atoms with Crippen LogP contribution in [0.3, 0.4) is 0 Å². The standard InChI is InChI=1S/C19H20FN3.C2H6/c20-16-4-2-1-3-15(16)13-7-10-17-18(11-13)23-19(22-17)12-5-8-14(21)9-6-12;1-2/h1-4,7,10-12,14H,5-6,8-9,21H2,(H,22,23);1-2H3. The van der Waals surface area contributed by atoms with E-state index in [1.807, 2.05) is 38.1 Å². The van der Waals surface area contributed by atoms with Gasteiger partial charge < -0.3 is 10.7 Å². The van der Waals surface area contributed by atoms with Gasteiger partial charge in [-0.05, 0) is 49.4 Å². The highest BCUT2D eigenvalue weighted by Gasteiger charge is 2.22. The second-order valence-corrected chi connectivity index (χ2v) is 6.45. The van der Waals surface area contributed by atoms with Gasteiger partial charge in [0.2, 0.25) is 0 Å². The monoisotopic (exact) mass is 339 g/mol. The Morgan fingerprint density at radius 1 is 1.04 bits per heavy atom. The van der Waals surface area contributed by atoms with Crippen LogP contribution in [-0.2, 0) is 0 Å². The van der Waals surface area contributed by atoms with Crippen LogP contribution in [0.5, 0.6) is 0 Å². The Bertz CT molecular complexity index is 832. The minimum absolute atomic E-state index is 0.201. The van der Waals surface area contributed by atoms with Crippen LogP contribution >= 0.6 is 0 Å². The van der Waals surface area contributed by atoms with E-state index in [1.165, 1.54) is 6.07 Å². The number of nitrogens with zero attached hydrogens (tertiary/aromatic N) is 1. The van der Waals surface area contributed by atoms with Gasteiger partial charge in [0.25, 0.3) is 0 Å². The summed E-state index contributed by atoms with van der Waals surface area (Å²) in [6, 6.07) is 13.1. The fraction of sp³-hybridized carbons (Fsp3) is 0.381. The lowest BCUT2D eigenvalue weighted by Gasteiger charge is -2.24. The van der Waals surface area contributed by atoms with Crippen molar-refractivity contribution in [1.82, 2.24) is 9.97 Å². The van der Waals surface area contributed by atoms with E-state index in [4.69, 9.17) is 10.7 Å². The van der Waals surface area contributed by atoms with Crippen molar-refractivity contribution in [1.29, 1.82) is 0 Å². The molecule has 132 valence electrons. The zero-order valence-electron chi connectivity index (χ0n) is 14.9. The second kappa shape index (κ2) is 7.79. The van der Waals surface area contributed by atoms with Crippen LogP contribution in [0, 0.1) is 5.82 Å². The topological polar surface area (TPSA) is 54.7 Å². The molecule has 0 saturated heterocycles. The van der Waals surface area contributed by atoms with Crippen LogP contribution in [0.15, 0.2) is 42.5 Å². The van der Waals surface area contributed by atoms with E-state index in [-0.39, 0.29) is 5.82 Å². The normalized spacial score (nSPS) is 20.2. The molecule has 3 N–H and O–H groups in total. The van der Waals surface area contributed by atoms with Crippen molar-refractivity contribution >= 4 is 11.0 Å². The molecule has 0 bridgehead atoms. The summed E-state index contributed by atoms with van der Waals surface area (Å²) < 4.78 is 14.0. The Hall–Kier alpha value is -2.20. The van der Waals surface area contributed by atoms with Crippen molar-refractivity contribution in [3.63, 3.8) is 0 Å². The Kier molecular flexibility index (Phi) is 5.49. The molecule has 4 heteroatoms. The highest BCUT2D eigenvalue weighted by Crippen LogP contribution is 2.32. The van der Waals surface area contributed by atoms with Crippen LogP contribution in [0.25, 0.3) is 22.2 Å². The number of fused-ring (bicyclic) bond motifs is 1. The predicted molar refractivity (Wildman–Crippen MR) is 102 cm³/mol. The van der Waals surface area contributed by atoms with Gasteiger partial charge in [-0.15, -0.1) is 0 Å². The number of H-pyrrole nitrogens is 1. The third-order valence-corrected chi connectivity index (χ3v) is 4.84. The number of hydrogen-bond donors (Lipinski definition) is 2. The summed E-state index contributed by atoms with van der Waals surface area (Å²) in [5, 5.41) is 0. The molecule has 1 aromatic heterocycles. The molecular formula is C21H26FN3. The average Bonchev–Trinajstić information content (AvgIpc) is 3.07. The first-order chi connectivity index (χ1) is 12.2. The summed E-state index contributed by atoms with van der Waals surface area (Å²) in [5.74, 6) is 1.30. The molecule has 0 aliphatic heterocycles. The van der Waals surface area contributed by atoms with Crippen molar-refractivity contribution in [2.24, 2.45) is 5.73 Å². The third-order valence-electron chi connectivity index (χ3n) is 4.84. The summed E-state index contributed by atoms with van der Waals surface area (Å²) in [6.45, 7) is 4.00. The van der Waals surface area contributed by atoms with Gasteiger partial charge in [0, 0.05) is 17.5 Å². The smallest absolute Gasteiger partial charge is 0.131 e. The summed E-state index contributed by atoms with van der Waals surface area (Å²) in [7, 11) is 0. The van der Waals surface area contributed by atoms with Crippen molar-refractivity contribution in [3.05, 3.63) is 54.1 Å². The van der Waals surface area contributed by atoms with Crippen LogP contribution in [-0.4, -0.2) is 16.0 Å². The molecule has 0 spiro atoms. The summed E-state index contributed by atoms with van der Waals surface area (Å²) >= 11 is 0. The van der Waals surface area contributed by atoms with Crippen LogP contribution in [0.2, 0.25) is 0 Å². The number of nitrogens with one attached hydrogen (secondary N) is 1. The molecule has 1 heterocycles. The SMILES string of the molecule is CC.NC1CCC(c2nc3ccc(-c4ccccc4F)cc3[nH]2)CC1. The average molecular weight is 339 g/mol. The Labute approximate surface area is 148 Å². The summed E-state index contributed by atoms with van der Waals surface area (Å²) in [4.78, 5) is 8.16. The number of rotatable bonds is 2. The fourth-order valence-corrected chi connectivity index (χ4v) is 3.48. The summed E-state index contributed by atoms with van der Waals surface area (Å²) in [5.41, 5.74) is 9.38. The maximum absolute atomic E-state index is 14.0. The number of imidazole rings is 1. The number of hydrogen-bond acceptors (Lipinski definition) is 2. The number of halogens is 1. The highest BCUT2D eigenvalue weighted by molar-refractivity contribution is 5.82. The van der Waals surface area contributed by atoms with Gasteiger partial charge in [-0.1, -0.05) is 38.1 Å². The minimum Gasteiger partial charge on any atom is -0.342 e. The molecule has 0 radical (unpaired) electrons. The highest BCUT2D eigenvalue weighted by atomic mass is 19.1. The Morgan fingerprint density at radius 2 is 1.76 bits per heavy atom.